The molecule has 31 heavy (non-hydrogen) atoms. The van der Waals surface area contributed by atoms with E-state index in [1.54, 1.807) is 23.1 Å². The van der Waals surface area contributed by atoms with Gasteiger partial charge >= 0.3 is 0 Å². The van der Waals surface area contributed by atoms with Crippen molar-refractivity contribution in [2.24, 2.45) is 0 Å². The van der Waals surface area contributed by atoms with E-state index in [9.17, 15) is 9.59 Å². The molecule has 3 aromatic rings. The zero-order valence-corrected chi connectivity index (χ0v) is 18.1. The first-order valence-corrected chi connectivity index (χ1v) is 10.7. The lowest BCUT2D eigenvalue weighted by Crippen LogP contribution is -2.50. The molecule has 1 N–H and O–H groups in total. The van der Waals surface area contributed by atoms with Crippen molar-refractivity contribution >= 4 is 40.7 Å². The molecule has 6 nitrogen and oxygen atoms in total. The minimum absolute atomic E-state index is 0.256. The van der Waals surface area contributed by atoms with E-state index in [4.69, 9.17) is 23.2 Å². The van der Waals surface area contributed by atoms with Crippen molar-refractivity contribution in [3.8, 4) is 11.4 Å². The Morgan fingerprint density at radius 2 is 1.71 bits per heavy atom. The molecule has 1 saturated heterocycles. The van der Waals surface area contributed by atoms with Crippen molar-refractivity contribution in [2.45, 2.75) is 25.3 Å². The molecule has 2 aromatic carbocycles. The number of carbonyl (C=O) groups is 2. The fourth-order valence-electron chi connectivity index (χ4n) is 3.59. The predicted molar refractivity (Wildman–Crippen MR) is 121 cm³/mol. The molecule has 8 heteroatoms. The van der Waals surface area contributed by atoms with Crippen molar-refractivity contribution in [1.82, 2.24) is 14.9 Å². The third-order valence-electron chi connectivity index (χ3n) is 5.18. The smallest absolute Gasteiger partial charge is 0.257 e. The lowest BCUT2D eigenvalue weighted by molar-refractivity contribution is -0.121. The van der Waals surface area contributed by atoms with Crippen molar-refractivity contribution in [1.29, 1.82) is 0 Å². The van der Waals surface area contributed by atoms with Crippen molar-refractivity contribution in [2.75, 3.05) is 11.9 Å². The number of nitrogens with zero attached hydrogens (tertiary/aromatic N) is 3. The number of benzene rings is 2. The summed E-state index contributed by atoms with van der Waals surface area (Å²) in [6.07, 6.45) is 5.32. The van der Waals surface area contributed by atoms with Crippen LogP contribution in [0.25, 0.3) is 11.4 Å². The second-order valence-electron chi connectivity index (χ2n) is 7.29. The molecule has 0 spiro atoms. The van der Waals surface area contributed by atoms with Crippen LogP contribution in [0.4, 0.5) is 5.69 Å². The van der Waals surface area contributed by atoms with Crippen molar-refractivity contribution in [3.63, 3.8) is 0 Å². The Kier molecular flexibility index (Phi) is 6.49. The van der Waals surface area contributed by atoms with E-state index < -0.39 is 6.04 Å². The number of halogens is 2. The Balaban J connectivity index is 1.50. The van der Waals surface area contributed by atoms with Crippen LogP contribution in [0.15, 0.2) is 60.9 Å². The van der Waals surface area contributed by atoms with Gasteiger partial charge in [0.2, 0.25) is 5.91 Å². The molecular formula is C23H20Cl2N4O2. The largest absolute Gasteiger partial charge is 0.327 e. The summed E-state index contributed by atoms with van der Waals surface area (Å²) in [7, 11) is 0. The maximum atomic E-state index is 13.1. The monoisotopic (exact) mass is 454 g/mol. The van der Waals surface area contributed by atoms with Crippen molar-refractivity contribution < 1.29 is 9.59 Å². The molecule has 158 valence electrons. The molecule has 1 unspecified atom stereocenters. The fraction of sp³-hybridized carbons (Fsp3) is 0.217. The molecular weight excluding hydrogens is 435 g/mol. The van der Waals surface area contributed by atoms with Gasteiger partial charge in [-0.25, -0.2) is 9.97 Å². The number of carbonyl (C=O) groups excluding carboxylic acids is 2. The van der Waals surface area contributed by atoms with Crippen LogP contribution in [-0.4, -0.2) is 39.3 Å². The average Bonchev–Trinajstić information content (AvgIpc) is 2.81. The van der Waals surface area contributed by atoms with Crippen LogP contribution in [0.2, 0.25) is 10.0 Å². The van der Waals surface area contributed by atoms with Gasteiger partial charge in [0, 0.05) is 30.2 Å². The Morgan fingerprint density at radius 3 is 2.42 bits per heavy atom. The van der Waals surface area contributed by atoms with Gasteiger partial charge in [-0.1, -0.05) is 53.5 Å². The van der Waals surface area contributed by atoms with E-state index in [0.29, 0.717) is 40.1 Å². The summed E-state index contributed by atoms with van der Waals surface area (Å²) in [6.45, 7) is 0.499. The maximum absolute atomic E-state index is 13.1. The molecule has 2 heterocycles. The molecule has 0 radical (unpaired) electrons. The molecule has 0 saturated carbocycles. The van der Waals surface area contributed by atoms with Gasteiger partial charge < -0.3 is 10.2 Å². The molecule has 1 aromatic heterocycles. The van der Waals surface area contributed by atoms with Gasteiger partial charge in [0.05, 0.1) is 15.6 Å². The van der Waals surface area contributed by atoms with Crippen molar-refractivity contribution in [3.05, 3.63) is 76.5 Å². The van der Waals surface area contributed by atoms with Crippen LogP contribution in [0.1, 0.15) is 29.6 Å². The van der Waals surface area contributed by atoms with Gasteiger partial charge in [-0.3, -0.25) is 9.59 Å². The summed E-state index contributed by atoms with van der Waals surface area (Å²) in [5.74, 6) is 0.0339. The standard InChI is InChI=1S/C23H20Cl2N4O2/c24-18-10-9-17(12-19(18)25)28-22(30)20-8-4-5-11-29(20)23(31)16-13-26-21(27-14-16)15-6-2-1-3-7-15/h1-3,6-7,9-10,12-14,20H,4-5,8,11H2,(H,28,30). The van der Waals surface area contributed by atoms with Gasteiger partial charge in [-0.05, 0) is 37.5 Å². The summed E-state index contributed by atoms with van der Waals surface area (Å²) >= 11 is 12.0. The van der Waals surface area contributed by atoms with Crippen LogP contribution in [-0.2, 0) is 4.79 Å². The van der Waals surface area contributed by atoms with Crippen LogP contribution >= 0.6 is 23.2 Å². The first-order valence-electron chi connectivity index (χ1n) is 9.97. The minimum atomic E-state index is -0.579. The van der Waals surface area contributed by atoms with E-state index in [2.05, 4.69) is 15.3 Å². The van der Waals surface area contributed by atoms with E-state index >= 15 is 0 Å². The van der Waals surface area contributed by atoms with Gasteiger partial charge in [0.1, 0.15) is 6.04 Å². The van der Waals surface area contributed by atoms with Crippen LogP contribution < -0.4 is 5.32 Å². The first-order chi connectivity index (χ1) is 15.0. The van der Waals surface area contributed by atoms with Crippen LogP contribution in [0.3, 0.4) is 0 Å². The molecule has 4 rings (SSSR count). The fourth-order valence-corrected chi connectivity index (χ4v) is 3.89. The Bertz CT molecular complexity index is 1090. The first kappa shape index (κ1) is 21.3. The molecule has 0 aliphatic carbocycles. The highest BCUT2D eigenvalue weighted by Crippen LogP contribution is 2.26. The van der Waals surface area contributed by atoms with Gasteiger partial charge in [-0.2, -0.15) is 0 Å². The zero-order chi connectivity index (χ0) is 21.8. The summed E-state index contributed by atoms with van der Waals surface area (Å²) in [4.78, 5) is 36.3. The molecule has 1 fully saturated rings. The number of hydrogen-bond acceptors (Lipinski definition) is 4. The van der Waals surface area contributed by atoms with Crippen LogP contribution in [0, 0.1) is 0 Å². The number of amides is 2. The van der Waals surface area contributed by atoms with Gasteiger partial charge in [-0.15, -0.1) is 0 Å². The lowest BCUT2D eigenvalue weighted by Gasteiger charge is -2.34. The Labute approximate surface area is 190 Å². The van der Waals surface area contributed by atoms with E-state index in [1.807, 2.05) is 30.3 Å². The SMILES string of the molecule is O=C(Nc1ccc(Cl)c(Cl)c1)C1CCCCN1C(=O)c1cnc(-c2ccccc2)nc1. The second kappa shape index (κ2) is 9.45. The molecule has 1 aliphatic rings. The van der Waals surface area contributed by atoms with E-state index in [1.165, 1.54) is 12.4 Å². The van der Waals surface area contributed by atoms with Crippen LogP contribution in [0.5, 0.6) is 0 Å². The maximum Gasteiger partial charge on any atom is 0.257 e. The van der Waals surface area contributed by atoms with E-state index in [-0.39, 0.29) is 11.8 Å². The highest BCUT2D eigenvalue weighted by Gasteiger charge is 2.33. The number of likely N-dealkylation sites (tertiary alicyclic amines) is 1. The minimum Gasteiger partial charge on any atom is -0.327 e. The topological polar surface area (TPSA) is 75.2 Å². The summed E-state index contributed by atoms with van der Waals surface area (Å²) in [5.41, 5.74) is 1.76. The zero-order valence-electron chi connectivity index (χ0n) is 16.6. The number of hydrogen-bond donors (Lipinski definition) is 1. The quantitative estimate of drug-likeness (QED) is 0.595. The molecule has 0 bridgehead atoms. The lowest BCUT2D eigenvalue weighted by atomic mass is 10.00. The average molecular weight is 455 g/mol. The summed E-state index contributed by atoms with van der Waals surface area (Å²) < 4.78 is 0. The molecule has 2 amide bonds. The molecule has 1 aliphatic heterocycles. The normalized spacial score (nSPS) is 16.1. The summed E-state index contributed by atoms with van der Waals surface area (Å²) in [5, 5.41) is 3.60. The highest BCUT2D eigenvalue weighted by atomic mass is 35.5. The summed E-state index contributed by atoms with van der Waals surface area (Å²) in [6, 6.07) is 13.9. The number of nitrogens with one attached hydrogen (secondary N) is 1. The Morgan fingerprint density at radius 1 is 0.968 bits per heavy atom. The third kappa shape index (κ3) is 4.86. The third-order valence-corrected chi connectivity index (χ3v) is 5.92. The number of anilines is 1. The van der Waals surface area contributed by atoms with Gasteiger partial charge in [0.25, 0.3) is 5.91 Å². The molecule has 1 atom stereocenters. The Hall–Kier alpha value is -2.96. The number of piperidine rings is 1. The highest BCUT2D eigenvalue weighted by molar-refractivity contribution is 6.42. The predicted octanol–water partition coefficient (Wildman–Crippen LogP) is 5.08. The number of aromatic nitrogens is 2. The van der Waals surface area contributed by atoms with E-state index in [0.717, 1.165) is 18.4 Å². The number of rotatable bonds is 4. The second-order valence-corrected chi connectivity index (χ2v) is 8.10. The van der Waals surface area contributed by atoms with Gasteiger partial charge in [0.15, 0.2) is 5.82 Å².